The molecule has 0 fully saturated rings. The van der Waals surface area contributed by atoms with Crippen LogP contribution in [0.15, 0.2) is 49.1 Å². The maximum atomic E-state index is 10.8. The maximum Gasteiger partial charge on any atom is 0.273 e. The summed E-state index contributed by atoms with van der Waals surface area (Å²) in [6.45, 7) is 5.42. The zero-order valence-corrected chi connectivity index (χ0v) is 15.1. The Labute approximate surface area is 155 Å². The van der Waals surface area contributed by atoms with Gasteiger partial charge in [0.15, 0.2) is 0 Å². The molecule has 8 heteroatoms. The number of thiophene rings is 1. The van der Waals surface area contributed by atoms with E-state index in [1.165, 1.54) is 23.5 Å². The Balaban J connectivity index is 1.88. The molecule has 2 aromatic rings. The Hall–Kier alpha value is -1.93. The van der Waals surface area contributed by atoms with Crippen LogP contribution in [0.4, 0.5) is 5.69 Å². The number of nitrogens with zero attached hydrogens (tertiary/aromatic N) is 2. The maximum absolute atomic E-state index is 10.8. The summed E-state index contributed by atoms with van der Waals surface area (Å²) in [6, 6.07) is 9.69. The molecule has 0 aliphatic carbocycles. The lowest BCUT2D eigenvalue weighted by atomic mass is 10.3. The van der Waals surface area contributed by atoms with Gasteiger partial charge >= 0.3 is 0 Å². The number of hydrogen-bond acceptors (Lipinski definition) is 6. The van der Waals surface area contributed by atoms with Crippen LogP contribution in [0.3, 0.4) is 0 Å². The van der Waals surface area contributed by atoms with E-state index in [0.717, 1.165) is 9.21 Å². The summed E-state index contributed by atoms with van der Waals surface area (Å²) in [5.41, 5.74) is -0.0464. The van der Waals surface area contributed by atoms with Crippen molar-refractivity contribution in [2.24, 2.45) is 0 Å². The lowest BCUT2D eigenvalue weighted by molar-refractivity contribution is -0.384. The highest BCUT2D eigenvalue weighted by atomic mass is 35.5. The number of nitro benzene ring substituents is 1. The summed E-state index contributed by atoms with van der Waals surface area (Å²) in [7, 11) is 0. The minimum Gasteiger partial charge on any atom is -0.491 e. The normalized spacial score (nSPS) is 12.1. The predicted molar refractivity (Wildman–Crippen MR) is 99.4 cm³/mol. The third-order valence-electron chi connectivity index (χ3n) is 3.34. The Morgan fingerprint density at radius 2 is 2.24 bits per heavy atom. The summed E-state index contributed by atoms with van der Waals surface area (Å²) in [5.74, 6) is 0.355. The quantitative estimate of drug-likeness (QED) is 0.385. The van der Waals surface area contributed by atoms with Gasteiger partial charge in [-0.05, 0) is 18.2 Å². The van der Waals surface area contributed by atoms with Gasteiger partial charge < -0.3 is 9.84 Å². The monoisotopic (exact) mass is 382 g/mol. The third kappa shape index (κ3) is 6.47. The van der Waals surface area contributed by atoms with Crippen molar-refractivity contribution in [2.75, 3.05) is 19.7 Å². The molecule has 0 unspecified atom stereocenters. The van der Waals surface area contributed by atoms with Gasteiger partial charge in [0.25, 0.3) is 5.69 Å². The smallest absolute Gasteiger partial charge is 0.273 e. The minimum atomic E-state index is -0.741. The summed E-state index contributed by atoms with van der Waals surface area (Å²) < 4.78 is 6.19. The van der Waals surface area contributed by atoms with E-state index in [1.54, 1.807) is 18.2 Å². The van der Waals surface area contributed by atoms with Gasteiger partial charge in [0.2, 0.25) is 0 Å². The number of ether oxygens (including phenoxy) is 1. The first kappa shape index (κ1) is 19.4. The van der Waals surface area contributed by atoms with Crippen LogP contribution in [0, 0.1) is 10.1 Å². The molecule has 1 atom stereocenters. The van der Waals surface area contributed by atoms with Crippen molar-refractivity contribution in [1.82, 2.24) is 4.90 Å². The molecule has 0 radical (unpaired) electrons. The number of non-ortho nitro benzene ring substituents is 1. The van der Waals surface area contributed by atoms with Crippen LogP contribution in [0.2, 0.25) is 4.34 Å². The molecule has 0 aliphatic rings. The molecule has 0 spiro atoms. The van der Waals surface area contributed by atoms with E-state index in [1.807, 2.05) is 17.0 Å². The molecule has 0 amide bonds. The van der Waals surface area contributed by atoms with E-state index in [2.05, 4.69) is 6.58 Å². The molecule has 2 rings (SSSR count). The molecular formula is C17H19ClN2O4S. The number of halogens is 1. The number of aliphatic hydroxyl groups is 1. The molecule has 1 aromatic heterocycles. The standard InChI is InChI=1S/C17H19ClN2O4S/c1-2-8-19(11-16-6-7-17(18)25-16)10-14(21)12-24-15-5-3-4-13(9-15)20(22)23/h2-7,9,14,21H,1,8,10-12H2/t14-/m1/s1. The highest BCUT2D eigenvalue weighted by molar-refractivity contribution is 7.16. The fourth-order valence-electron chi connectivity index (χ4n) is 2.27. The first-order chi connectivity index (χ1) is 12.0. The number of rotatable bonds is 10. The second-order valence-corrected chi connectivity index (χ2v) is 7.21. The van der Waals surface area contributed by atoms with E-state index in [0.29, 0.717) is 25.4 Å². The highest BCUT2D eigenvalue weighted by Gasteiger charge is 2.14. The van der Waals surface area contributed by atoms with Crippen molar-refractivity contribution in [3.8, 4) is 5.75 Å². The largest absolute Gasteiger partial charge is 0.491 e. The van der Waals surface area contributed by atoms with Crippen LogP contribution >= 0.6 is 22.9 Å². The first-order valence-corrected chi connectivity index (χ1v) is 8.80. The van der Waals surface area contributed by atoms with Crippen molar-refractivity contribution >= 4 is 28.6 Å². The summed E-state index contributed by atoms with van der Waals surface area (Å²) in [4.78, 5) is 13.4. The number of nitro groups is 1. The van der Waals surface area contributed by atoms with Crippen molar-refractivity contribution in [2.45, 2.75) is 12.6 Å². The number of hydrogen-bond donors (Lipinski definition) is 1. The van der Waals surface area contributed by atoms with E-state index >= 15 is 0 Å². The van der Waals surface area contributed by atoms with E-state index < -0.39 is 11.0 Å². The van der Waals surface area contributed by atoms with Crippen LogP contribution in [-0.2, 0) is 6.54 Å². The minimum absolute atomic E-state index is 0.0417. The van der Waals surface area contributed by atoms with Crippen LogP contribution in [0.5, 0.6) is 5.75 Å². The van der Waals surface area contributed by atoms with Gasteiger partial charge in [0.05, 0.1) is 15.3 Å². The number of aliphatic hydroxyl groups excluding tert-OH is 1. The van der Waals surface area contributed by atoms with Gasteiger partial charge in [-0.3, -0.25) is 15.0 Å². The van der Waals surface area contributed by atoms with Crippen molar-refractivity contribution in [3.63, 3.8) is 0 Å². The van der Waals surface area contributed by atoms with E-state index in [-0.39, 0.29) is 12.3 Å². The zero-order valence-electron chi connectivity index (χ0n) is 13.5. The van der Waals surface area contributed by atoms with Crippen LogP contribution in [0.1, 0.15) is 4.88 Å². The average molecular weight is 383 g/mol. The second kappa shape index (κ2) is 9.53. The van der Waals surface area contributed by atoms with Crippen LogP contribution in [0.25, 0.3) is 0 Å². The second-order valence-electron chi connectivity index (χ2n) is 5.41. The Kier molecular flexibility index (Phi) is 7.39. The molecule has 0 saturated carbocycles. The third-order valence-corrected chi connectivity index (χ3v) is 4.55. The Bertz CT molecular complexity index is 722. The molecule has 0 bridgehead atoms. The lowest BCUT2D eigenvalue weighted by Crippen LogP contribution is -2.35. The number of benzene rings is 1. The van der Waals surface area contributed by atoms with Gasteiger partial charge in [0, 0.05) is 30.6 Å². The van der Waals surface area contributed by atoms with Gasteiger partial charge in [-0.15, -0.1) is 17.9 Å². The molecule has 6 nitrogen and oxygen atoms in total. The zero-order chi connectivity index (χ0) is 18.2. The summed E-state index contributed by atoms with van der Waals surface area (Å²) in [5, 5.41) is 21.0. The van der Waals surface area contributed by atoms with Crippen LogP contribution < -0.4 is 4.74 Å². The Morgan fingerprint density at radius 3 is 2.88 bits per heavy atom. The topological polar surface area (TPSA) is 75.8 Å². The average Bonchev–Trinajstić information content (AvgIpc) is 2.98. The SMILES string of the molecule is C=CCN(Cc1ccc(Cl)s1)C[C@@H](O)COc1cccc([N+](=O)[O-])c1. The molecule has 1 heterocycles. The molecule has 1 aromatic carbocycles. The van der Waals surface area contributed by atoms with Crippen molar-refractivity contribution in [3.05, 3.63) is 68.4 Å². The van der Waals surface area contributed by atoms with Crippen molar-refractivity contribution < 1.29 is 14.8 Å². The molecule has 0 aliphatic heterocycles. The molecule has 1 N–H and O–H groups in total. The Morgan fingerprint density at radius 1 is 1.44 bits per heavy atom. The first-order valence-electron chi connectivity index (χ1n) is 7.60. The molecule has 25 heavy (non-hydrogen) atoms. The van der Waals surface area contributed by atoms with E-state index in [4.69, 9.17) is 16.3 Å². The van der Waals surface area contributed by atoms with Gasteiger partial charge in [0.1, 0.15) is 18.5 Å². The highest BCUT2D eigenvalue weighted by Crippen LogP contribution is 2.23. The summed E-state index contributed by atoms with van der Waals surface area (Å²) >= 11 is 7.44. The predicted octanol–water partition coefficient (Wildman–Crippen LogP) is 3.74. The fourth-order valence-corrected chi connectivity index (χ4v) is 3.40. The van der Waals surface area contributed by atoms with Gasteiger partial charge in [-0.25, -0.2) is 0 Å². The van der Waals surface area contributed by atoms with E-state index in [9.17, 15) is 15.2 Å². The van der Waals surface area contributed by atoms with Gasteiger partial charge in [-0.1, -0.05) is 23.7 Å². The molecule has 134 valence electrons. The van der Waals surface area contributed by atoms with Gasteiger partial charge in [-0.2, -0.15) is 0 Å². The summed E-state index contributed by atoms with van der Waals surface area (Å²) in [6.07, 6.45) is 1.03. The van der Waals surface area contributed by atoms with Crippen molar-refractivity contribution in [1.29, 1.82) is 0 Å². The van der Waals surface area contributed by atoms with Crippen LogP contribution in [-0.4, -0.2) is 40.7 Å². The molecule has 0 saturated heterocycles. The fraction of sp³-hybridized carbons (Fsp3) is 0.294. The lowest BCUT2D eigenvalue weighted by Gasteiger charge is -2.23. The molecular weight excluding hydrogens is 364 g/mol.